The lowest BCUT2D eigenvalue weighted by Gasteiger charge is -2.34. The number of rotatable bonds is 7. The van der Waals surface area contributed by atoms with Crippen molar-refractivity contribution in [1.82, 2.24) is 20.2 Å². The number of thiocarbonyl (C=S) groups is 1. The van der Waals surface area contributed by atoms with Crippen LogP contribution in [0.4, 0.5) is 11.8 Å². The van der Waals surface area contributed by atoms with Gasteiger partial charge >= 0.3 is 0 Å². The molecule has 1 unspecified atom stereocenters. The Bertz CT molecular complexity index is 878. The fourth-order valence-corrected chi connectivity index (χ4v) is 4.21. The van der Waals surface area contributed by atoms with Crippen LogP contribution < -0.4 is 20.3 Å². The third-order valence-electron chi connectivity index (χ3n) is 5.79. The summed E-state index contributed by atoms with van der Waals surface area (Å²) in [7, 11) is 0. The molecular formula is C23H32N6O2S. The van der Waals surface area contributed by atoms with E-state index >= 15 is 0 Å². The molecule has 3 heterocycles. The van der Waals surface area contributed by atoms with E-state index in [1.165, 1.54) is 6.42 Å². The van der Waals surface area contributed by atoms with Crippen LogP contribution in [0, 0.1) is 0 Å². The number of hydrogen-bond donors (Lipinski definition) is 2. The van der Waals surface area contributed by atoms with Gasteiger partial charge in [0.2, 0.25) is 11.8 Å². The van der Waals surface area contributed by atoms with E-state index in [1.54, 1.807) is 0 Å². The molecule has 2 saturated heterocycles. The van der Waals surface area contributed by atoms with Crippen molar-refractivity contribution in [3.63, 3.8) is 0 Å². The number of nitrogens with zero attached hydrogens (tertiary/aromatic N) is 4. The molecule has 9 heteroatoms. The number of aromatic nitrogens is 2. The summed E-state index contributed by atoms with van der Waals surface area (Å²) >= 11 is 5.50. The number of benzene rings is 1. The zero-order valence-corrected chi connectivity index (χ0v) is 19.4. The van der Waals surface area contributed by atoms with Crippen LogP contribution in [0.5, 0.6) is 11.6 Å². The summed E-state index contributed by atoms with van der Waals surface area (Å²) in [6.45, 7) is 8.39. The molecule has 1 aromatic heterocycles. The Hall–Kier alpha value is -2.49. The van der Waals surface area contributed by atoms with Crippen molar-refractivity contribution >= 4 is 29.1 Å². The summed E-state index contributed by atoms with van der Waals surface area (Å²) < 4.78 is 11.4. The Morgan fingerprint density at radius 2 is 1.97 bits per heavy atom. The zero-order valence-electron chi connectivity index (χ0n) is 18.6. The van der Waals surface area contributed by atoms with Gasteiger partial charge in [-0.1, -0.05) is 18.2 Å². The minimum Gasteiger partial charge on any atom is -0.439 e. The van der Waals surface area contributed by atoms with E-state index < -0.39 is 0 Å². The van der Waals surface area contributed by atoms with Crippen LogP contribution in [0.15, 0.2) is 36.4 Å². The number of para-hydroxylation sites is 1. The molecule has 4 rings (SSSR count). The first-order chi connectivity index (χ1) is 15.7. The molecule has 2 aromatic rings. The molecule has 0 saturated carbocycles. The second-order valence-electron chi connectivity index (χ2n) is 8.18. The number of hydrogen-bond acceptors (Lipinski definition) is 7. The van der Waals surface area contributed by atoms with Crippen LogP contribution in [0.25, 0.3) is 0 Å². The van der Waals surface area contributed by atoms with Gasteiger partial charge in [-0.3, -0.25) is 4.90 Å². The van der Waals surface area contributed by atoms with Crippen molar-refractivity contribution in [1.29, 1.82) is 0 Å². The highest BCUT2D eigenvalue weighted by molar-refractivity contribution is 7.80. The van der Waals surface area contributed by atoms with Crippen LogP contribution in [-0.2, 0) is 4.74 Å². The van der Waals surface area contributed by atoms with Gasteiger partial charge in [-0.15, -0.1) is 0 Å². The lowest BCUT2D eigenvalue weighted by molar-refractivity contribution is 0.0389. The first-order valence-corrected chi connectivity index (χ1v) is 11.8. The highest BCUT2D eigenvalue weighted by atomic mass is 32.1. The number of anilines is 2. The molecule has 32 heavy (non-hydrogen) atoms. The third kappa shape index (κ3) is 6.51. The third-order valence-corrected chi connectivity index (χ3v) is 6.04. The lowest BCUT2D eigenvalue weighted by Crippen LogP contribution is -2.42. The van der Waals surface area contributed by atoms with Crippen molar-refractivity contribution in [2.45, 2.75) is 32.2 Å². The van der Waals surface area contributed by atoms with Crippen molar-refractivity contribution in [2.24, 2.45) is 0 Å². The van der Waals surface area contributed by atoms with Crippen molar-refractivity contribution in [3.8, 4) is 11.6 Å². The van der Waals surface area contributed by atoms with Crippen LogP contribution in [0.2, 0.25) is 0 Å². The second kappa shape index (κ2) is 11.4. The first kappa shape index (κ1) is 22.7. The predicted octanol–water partition coefficient (Wildman–Crippen LogP) is 3.27. The molecule has 1 aromatic carbocycles. The van der Waals surface area contributed by atoms with Gasteiger partial charge in [0.1, 0.15) is 11.6 Å². The molecule has 2 fully saturated rings. The Balaban J connectivity index is 1.43. The van der Waals surface area contributed by atoms with Gasteiger partial charge in [-0.05, 0) is 50.5 Å². The fourth-order valence-electron chi connectivity index (χ4n) is 4.01. The van der Waals surface area contributed by atoms with Gasteiger partial charge < -0.3 is 25.0 Å². The van der Waals surface area contributed by atoms with Gasteiger partial charge in [0, 0.05) is 44.8 Å². The van der Waals surface area contributed by atoms with Crippen molar-refractivity contribution in [3.05, 3.63) is 36.4 Å². The molecule has 0 aliphatic carbocycles. The average molecular weight is 457 g/mol. The quantitative estimate of drug-likeness (QED) is 0.611. The number of piperidine rings is 1. The Kier molecular flexibility index (Phi) is 8.08. The van der Waals surface area contributed by atoms with E-state index in [0.717, 1.165) is 70.3 Å². The molecule has 0 amide bonds. The summed E-state index contributed by atoms with van der Waals surface area (Å²) in [5, 5.41) is 6.91. The molecule has 0 bridgehead atoms. The zero-order chi connectivity index (χ0) is 22.2. The normalized spacial score (nSPS) is 19.4. The molecule has 8 nitrogen and oxygen atoms in total. The highest BCUT2D eigenvalue weighted by Crippen LogP contribution is 2.28. The van der Waals surface area contributed by atoms with Crippen LogP contribution in [-0.4, -0.2) is 72.0 Å². The Labute approximate surface area is 195 Å². The Morgan fingerprint density at radius 1 is 1.16 bits per heavy atom. The summed E-state index contributed by atoms with van der Waals surface area (Å²) in [5.74, 6) is 2.53. The van der Waals surface area contributed by atoms with E-state index in [4.69, 9.17) is 26.7 Å². The summed E-state index contributed by atoms with van der Waals surface area (Å²) in [4.78, 5) is 14.0. The SMILES string of the molecule is CC1CCCCN1c1cc(Oc2ccccc2)nc(NC(=S)NCCN2CCOCC2)n1. The minimum atomic E-state index is 0.426. The van der Waals surface area contributed by atoms with Crippen LogP contribution >= 0.6 is 12.2 Å². The smallest absolute Gasteiger partial charge is 0.234 e. The number of morpholine rings is 1. The largest absolute Gasteiger partial charge is 0.439 e. The van der Waals surface area contributed by atoms with E-state index in [0.29, 0.717) is 23.0 Å². The molecule has 0 radical (unpaired) electrons. The summed E-state index contributed by atoms with van der Waals surface area (Å²) in [6.07, 6.45) is 3.56. The van der Waals surface area contributed by atoms with Crippen molar-refractivity contribution in [2.75, 3.05) is 56.2 Å². The molecule has 2 aliphatic rings. The van der Waals surface area contributed by atoms with Crippen LogP contribution in [0.3, 0.4) is 0 Å². The topological polar surface area (TPSA) is 74.8 Å². The average Bonchev–Trinajstić information content (AvgIpc) is 2.80. The maximum atomic E-state index is 6.03. The Morgan fingerprint density at radius 3 is 2.75 bits per heavy atom. The minimum absolute atomic E-state index is 0.426. The molecule has 0 spiro atoms. The van der Waals surface area contributed by atoms with Gasteiger partial charge in [0.25, 0.3) is 0 Å². The molecule has 172 valence electrons. The predicted molar refractivity (Wildman–Crippen MR) is 131 cm³/mol. The van der Waals surface area contributed by atoms with E-state index in [-0.39, 0.29) is 0 Å². The highest BCUT2D eigenvalue weighted by Gasteiger charge is 2.22. The van der Waals surface area contributed by atoms with Gasteiger partial charge in [0.05, 0.1) is 13.2 Å². The van der Waals surface area contributed by atoms with E-state index in [1.807, 2.05) is 36.4 Å². The fraction of sp³-hybridized carbons (Fsp3) is 0.522. The maximum absolute atomic E-state index is 6.03. The summed E-state index contributed by atoms with van der Waals surface area (Å²) in [5.41, 5.74) is 0. The number of ether oxygens (including phenoxy) is 2. The molecular weight excluding hydrogens is 424 g/mol. The van der Waals surface area contributed by atoms with E-state index in [2.05, 4.69) is 32.3 Å². The molecule has 1 atom stereocenters. The monoisotopic (exact) mass is 456 g/mol. The second-order valence-corrected chi connectivity index (χ2v) is 8.58. The molecule has 2 N–H and O–H groups in total. The van der Waals surface area contributed by atoms with Gasteiger partial charge in [-0.2, -0.15) is 9.97 Å². The van der Waals surface area contributed by atoms with Gasteiger partial charge in [0.15, 0.2) is 5.11 Å². The lowest BCUT2D eigenvalue weighted by atomic mass is 10.0. The molecule has 2 aliphatic heterocycles. The standard InChI is InChI=1S/C23H32N6O2S/c1-18-7-5-6-11-29(18)20-17-21(31-19-8-3-2-4-9-19)26-22(25-20)27-23(32)24-10-12-28-13-15-30-16-14-28/h2-4,8-9,17-18H,5-7,10-16H2,1H3,(H2,24,25,26,27,32). The maximum Gasteiger partial charge on any atom is 0.234 e. The first-order valence-electron chi connectivity index (χ1n) is 11.4. The number of nitrogens with one attached hydrogen (secondary N) is 2. The van der Waals surface area contributed by atoms with Gasteiger partial charge in [-0.25, -0.2) is 0 Å². The summed E-state index contributed by atoms with van der Waals surface area (Å²) in [6, 6.07) is 12.0. The van der Waals surface area contributed by atoms with Crippen LogP contribution in [0.1, 0.15) is 26.2 Å². The van der Waals surface area contributed by atoms with E-state index in [9.17, 15) is 0 Å². The van der Waals surface area contributed by atoms with Crippen molar-refractivity contribution < 1.29 is 9.47 Å².